The molecular weight excluding hydrogens is 228 g/mol. The van der Waals surface area contributed by atoms with Crippen LogP contribution in [0, 0.1) is 0 Å². The van der Waals surface area contributed by atoms with Crippen molar-refractivity contribution in [2.45, 2.75) is 25.7 Å². The Bertz CT molecular complexity index is 382. The standard InChI is InChI=1S/C13H20N4O/c14-9-13(18)16-12-6-5-11(10-15-12)17-7-3-1-2-4-8-17/h5-6,10H,1-4,7-9,14H2,(H,15,16,18). The fraction of sp³-hybridized carbons (Fsp3) is 0.538. The molecule has 0 atom stereocenters. The number of pyridine rings is 1. The van der Waals surface area contributed by atoms with E-state index in [2.05, 4.69) is 15.2 Å². The van der Waals surface area contributed by atoms with E-state index in [0.29, 0.717) is 5.82 Å². The van der Waals surface area contributed by atoms with Crippen LogP contribution in [0.15, 0.2) is 18.3 Å². The quantitative estimate of drug-likeness (QED) is 0.847. The highest BCUT2D eigenvalue weighted by atomic mass is 16.1. The highest BCUT2D eigenvalue weighted by Gasteiger charge is 2.10. The number of carbonyl (C=O) groups excluding carboxylic acids is 1. The maximum absolute atomic E-state index is 11.1. The van der Waals surface area contributed by atoms with Crippen LogP contribution < -0.4 is 16.0 Å². The third kappa shape index (κ3) is 3.43. The van der Waals surface area contributed by atoms with Crippen LogP contribution >= 0.6 is 0 Å². The lowest BCUT2D eigenvalue weighted by Crippen LogP contribution is -2.24. The van der Waals surface area contributed by atoms with E-state index in [1.165, 1.54) is 25.7 Å². The molecule has 1 aromatic heterocycles. The number of aromatic nitrogens is 1. The average Bonchev–Trinajstić information content (AvgIpc) is 2.68. The van der Waals surface area contributed by atoms with Crippen LogP contribution in [0.2, 0.25) is 0 Å². The van der Waals surface area contributed by atoms with Crippen molar-refractivity contribution in [1.82, 2.24) is 4.98 Å². The van der Waals surface area contributed by atoms with E-state index in [1.807, 2.05) is 18.3 Å². The molecule has 2 rings (SSSR count). The zero-order valence-corrected chi connectivity index (χ0v) is 10.6. The Labute approximate surface area is 107 Å². The molecule has 1 amide bonds. The van der Waals surface area contributed by atoms with Gasteiger partial charge in [0.2, 0.25) is 5.91 Å². The summed E-state index contributed by atoms with van der Waals surface area (Å²) >= 11 is 0. The number of amides is 1. The summed E-state index contributed by atoms with van der Waals surface area (Å²) in [6.07, 6.45) is 6.93. The number of anilines is 2. The summed E-state index contributed by atoms with van der Waals surface area (Å²) in [6.45, 7) is 2.17. The first-order valence-electron chi connectivity index (χ1n) is 6.50. The molecule has 2 heterocycles. The van der Waals surface area contributed by atoms with Gasteiger partial charge in [0.05, 0.1) is 18.4 Å². The van der Waals surface area contributed by atoms with Gasteiger partial charge in [0.1, 0.15) is 5.82 Å². The van der Waals surface area contributed by atoms with Crippen molar-refractivity contribution in [3.63, 3.8) is 0 Å². The second kappa shape index (κ2) is 6.35. The Morgan fingerprint density at radius 3 is 2.56 bits per heavy atom. The molecule has 0 spiro atoms. The van der Waals surface area contributed by atoms with Crippen molar-refractivity contribution >= 4 is 17.4 Å². The smallest absolute Gasteiger partial charge is 0.239 e. The van der Waals surface area contributed by atoms with Crippen molar-refractivity contribution < 1.29 is 4.79 Å². The monoisotopic (exact) mass is 248 g/mol. The molecule has 0 unspecified atom stereocenters. The molecule has 0 bridgehead atoms. The molecule has 0 saturated carbocycles. The van der Waals surface area contributed by atoms with E-state index in [4.69, 9.17) is 5.73 Å². The fourth-order valence-electron chi connectivity index (χ4n) is 2.17. The van der Waals surface area contributed by atoms with Crippen molar-refractivity contribution in [2.75, 3.05) is 29.9 Å². The number of rotatable bonds is 3. The van der Waals surface area contributed by atoms with Crippen LogP contribution in [-0.4, -0.2) is 30.5 Å². The summed E-state index contributed by atoms with van der Waals surface area (Å²) in [5.41, 5.74) is 6.36. The molecule has 5 nitrogen and oxygen atoms in total. The molecule has 0 aromatic carbocycles. The molecule has 5 heteroatoms. The topological polar surface area (TPSA) is 71.2 Å². The Morgan fingerprint density at radius 1 is 1.28 bits per heavy atom. The number of nitrogens with one attached hydrogen (secondary N) is 1. The lowest BCUT2D eigenvalue weighted by Gasteiger charge is -2.22. The maximum atomic E-state index is 11.1. The highest BCUT2D eigenvalue weighted by molar-refractivity contribution is 5.91. The van der Waals surface area contributed by atoms with E-state index >= 15 is 0 Å². The average molecular weight is 248 g/mol. The minimum absolute atomic E-state index is 0.0183. The van der Waals surface area contributed by atoms with Crippen LogP contribution in [0.1, 0.15) is 25.7 Å². The fourth-order valence-corrected chi connectivity index (χ4v) is 2.17. The van der Waals surface area contributed by atoms with E-state index in [-0.39, 0.29) is 12.5 Å². The zero-order valence-electron chi connectivity index (χ0n) is 10.6. The van der Waals surface area contributed by atoms with Gasteiger partial charge < -0.3 is 16.0 Å². The first kappa shape index (κ1) is 12.8. The number of hydrogen-bond acceptors (Lipinski definition) is 4. The minimum Gasteiger partial charge on any atom is -0.370 e. The van der Waals surface area contributed by atoms with Crippen LogP contribution in [0.4, 0.5) is 11.5 Å². The van der Waals surface area contributed by atoms with Crippen molar-refractivity contribution in [3.05, 3.63) is 18.3 Å². The van der Waals surface area contributed by atoms with Crippen LogP contribution in [0.3, 0.4) is 0 Å². The van der Waals surface area contributed by atoms with E-state index < -0.39 is 0 Å². The lowest BCUT2D eigenvalue weighted by atomic mass is 10.2. The number of nitrogens with two attached hydrogens (primary N) is 1. The van der Waals surface area contributed by atoms with Crippen molar-refractivity contribution in [3.8, 4) is 0 Å². The SMILES string of the molecule is NCC(=O)Nc1ccc(N2CCCCCC2)cn1. The van der Waals surface area contributed by atoms with Crippen LogP contribution in [0.5, 0.6) is 0 Å². The summed E-state index contributed by atoms with van der Waals surface area (Å²) in [7, 11) is 0. The van der Waals surface area contributed by atoms with Crippen molar-refractivity contribution in [2.24, 2.45) is 5.73 Å². The molecule has 18 heavy (non-hydrogen) atoms. The van der Waals surface area contributed by atoms with E-state index in [1.54, 1.807) is 0 Å². The van der Waals surface area contributed by atoms with E-state index in [0.717, 1.165) is 18.8 Å². The van der Waals surface area contributed by atoms with Crippen LogP contribution in [-0.2, 0) is 4.79 Å². The number of carbonyl (C=O) groups is 1. The lowest BCUT2D eigenvalue weighted by molar-refractivity contribution is -0.114. The Kier molecular flexibility index (Phi) is 4.52. The predicted molar refractivity (Wildman–Crippen MR) is 72.6 cm³/mol. The third-order valence-corrected chi connectivity index (χ3v) is 3.17. The molecular formula is C13H20N4O. The van der Waals surface area contributed by atoms with Gasteiger partial charge in [0.25, 0.3) is 0 Å². The summed E-state index contributed by atoms with van der Waals surface area (Å²) in [5.74, 6) is 0.342. The van der Waals surface area contributed by atoms with Gasteiger partial charge in [0, 0.05) is 13.1 Å². The van der Waals surface area contributed by atoms with Gasteiger partial charge in [-0.05, 0) is 25.0 Å². The Hall–Kier alpha value is -1.62. The maximum Gasteiger partial charge on any atom is 0.239 e. The van der Waals surface area contributed by atoms with Gasteiger partial charge in [-0.2, -0.15) is 0 Å². The predicted octanol–water partition coefficient (Wildman–Crippen LogP) is 1.36. The molecule has 3 N–H and O–H groups in total. The first-order valence-corrected chi connectivity index (χ1v) is 6.50. The molecule has 1 saturated heterocycles. The molecule has 1 aliphatic heterocycles. The summed E-state index contributed by atoms with van der Waals surface area (Å²) < 4.78 is 0. The van der Waals surface area contributed by atoms with Crippen LogP contribution in [0.25, 0.3) is 0 Å². The second-order valence-corrected chi connectivity index (χ2v) is 4.56. The molecule has 0 aliphatic carbocycles. The normalized spacial score (nSPS) is 16.2. The van der Waals surface area contributed by atoms with E-state index in [9.17, 15) is 4.79 Å². The second-order valence-electron chi connectivity index (χ2n) is 4.56. The molecule has 98 valence electrons. The van der Waals surface area contributed by atoms with Gasteiger partial charge in [-0.15, -0.1) is 0 Å². The van der Waals surface area contributed by atoms with Gasteiger partial charge in [-0.3, -0.25) is 4.79 Å². The Balaban J connectivity index is 1.99. The molecule has 0 radical (unpaired) electrons. The minimum atomic E-state index is -0.218. The summed E-state index contributed by atoms with van der Waals surface area (Å²) in [6, 6.07) is 3.83. The highest BCUT2D eigenvalue weighted by Crippen LogP contribution is 2.19. The zero-order chi connectivity index (χ0) is 12.8. The summed E-state index contributed by atoms with van der Waals surface area (Å²) in [4.78, 5) is 17.7. The van der Waals surface area contributed by atoms with Gasteiger partial charge in [0.15, 0.2) is 0 Å². The van der Waals surface area contributed by atoms with Gasteiger partial charge >= 0.3 is 0 Å². The molecule has 1 aliphatic rings. The molecule has 1 aromatic rings. The third-order valence-electron chi connectivity index (χ3n) is 3.17. The number of hydrogen-bond donors (Lipinski definition) is 2. The van der Waals surface area contributed by atoms with Gasteiger partial charge in [-0.25, -0.2) is 4.98 Å². The summed E-state index contributed by atoms with van der Waals surface area (Å²) in [5, 5.41) is 2.64. The molecule has 1 fully saturated rings. The largest absolute Gasteiger partial charge is 0.370 e. The number of nitrogens with zero attached hydrogens (tertiary/aromatic N) is 2. The Morgan fingerprint density at radius 2 is 2.00 bits per heavy atom. The van der Waals surface area contributed by atoms with Gasteiger partial charge in [-0.1, -0.05) is 12.8 Å². The first-order chi connectivity index (χ1) is 8.79. The van der Waals surface area contributed by atoms with Crippen molar-refractivity contribution in [1.29, 1.82) is 0 Å².